The Bertz CT molecular complexity index is 1300. The Labute approximate surface area is 201 Å². The summed E-state index contributed by atoms with van der Waals surface area (Å²) in [5.41, 5.74) is 2.85. The van der Waals surface area contributed by atoms with Crippen molar-refractivity contribution in [1.29, 1.82) is 0 Å². The van der Waals surface area contributed by atoms with Gasteiger partial charge in [0, 0.05) is 12.0 Å². The van der Waals surface area contributed by atoms with Gasteiger partial charge in [0.15, 0.2) is 0 Å². The quantitative estimate of drug-likeness (QED) is 0.546. The first kappa shape index (κ1) is 23.8. The van der Waals surface area contributed by atoms with Gasteiger partial charge in [0.05, 0.1) is 16.6 Å². The zero-order chi connectivity index (χ0) is 24.5. The Balaban J connectivity index is 1.65. The van der Waals surface area contributed by atoms with Crippen LogP contribution in [0.4, 0.5) is 5.69 Å². The third kappa shape index (κ3) is 5.09. The van der Waals surface area contributed by atoms with Crippen LogP contribution in [0.5, 0.6) is 5.75 Å². The third-order valence-corrected chi connectivity index (χ3v) is 7.66. The molecular weight excluding hydrogens is 448 g/mol. The molecule has 0 saturated carbocycles. The van der Waals surface area contributed by atoms with Crippen molar-refractivity contribution in [3.8, 4) is 5.75 Å². The lowest BCUT2D eigenvalue weighted by Crippen LogP contribution is -2.45. The highest BCUT2D eigenvalue weighted by molar-refractivity contribution is 7.92. The minimum Gasteiger partial charge on any atom is -0.487 e. The van der Waals surface area contributed by atoms with Crippen molar-refractivity contribution < 1.29 is 17.9 Å². The number of sulfonamides is 1. The van der Waals surface area contributed by atoms with Crippen molar-refractivity contribution in [2.75, 3.05) is 10.8 Å². The number of aryl methyl sites for hydroxylation is 2. The maximum absolute atomic E-state index is 13.5. The maximum atomic E-state index is 13.5. The van der Waals surface area contributed by atoms with Crippen LogP contribution >= 0.6 is 0 Å². The molecule has 1 heterocycles. The van der Waals surface area contributed by atoms with Crippen LogP contribution in [0.3, 0.4) is 0 Å². The van der Waals surface area contributed by atoms with E-state index in [2.05, 4.69) is 5.32 Å². The van der Waals surface area contributed by atoms with Gasteiger partial charge in [-0.15, -0.1) is 0 Å². The van der Waals surface area contributed by atoms with Gasteiger partial charge in [0.25, 0.3) is 10.0 Å². The molecule has 1 aliphatic rings. The molecule has 0 fully saturated rings. The van der Waals surface area contributed by atoms with E-state index in [1.165, 1.54) is 16.4 Å². The largest absolute Gasteiger partial charge is 0.487 e. The van der Waals surface area contributed by atoms with Gasteiger partial charge in [0.1, 0.15) is 17.9 Å². The van der Waals surface area contributed by atoms with E-state index in [1.807, 2.05) is 52.0 Å². The Morgan fingerprint density at radius 3 is 2.41 bits per heavy atom. The average molecular weight is 479 g/mol. The molecule has 4 rings (SSSR count). The highest BCUT2D eigenvalue weighted by Gasteiger charge is 2.35. The first-order valence-corrected chi connectivity index (χ1v) is 12.7. The van der Waals surface area contributed by atoms with E-state index >= 15 is 0 Å². The van der Waals surface area contributed by atoms with Gasteiger partial charge in [-0.1, -0.05) is 42.5 Å². The first-order valence-electron chi connectivity index (χ1n) is 11.3. The van der Waals surface area contributed by atoms with E-state index in [1.54, 1.807) is 36.4 Å². The minimum atomic E-state index is -3.95. The monoisotopic (exact) mass is 478 g/mol. The first-order chi connectivity index (χ1) is 16.0. The molecule has 0 spiro atoms. The van der Waals surface area contributed by atoms with Gasteiger partial charge in [-0.05, 0) is 69.2 Å². The summed E-state index contributed by atoms with van der Waals surface area (Å²) >= 11 is 0. The molecule has 3 aromatic rings. The second kappa shape index (κ2) is 9.14. The SMILES string of the molecule is Cc1cccc(N(CC(=O)NC2CC(C)(C)Oc3cc(C)ccc32)S(=O)(=O)c2ccccc2)c1. The van der Waals surface area contributed by atoms with Crippen LogP contribution < -0.4 is 14.4 Å². The number of hydrogen-bond acceptors (Lipinski definition) is 4. The highest BCUT2D eigenvalue weighted by Crippen LogP contribution is 2.40. The summed E-state index contributed by atoms with van der Waals surface area (Å²) < 4.78 is 34.4. The summed E-state index contributed by atoms with van der Waals surface area (Å²) in [6.45, 7) is 7.51. The summed E-state index contributed by atoms with van der Waals surface area (Å²) in [4.78, 5) is 13.4. The number of benzene rings is 3. The van der Waals surface area contributed by atoms with Crippen LogP contribution in [0.1, 0.15) is 43.0 Å². The number of hydrogen-bond donors (Lipinski definition) is 1. The zero-order valence-corrected chi connectivity index (χ0v) is 20.7. The van der Waals surface area contributed by atoms with Crippen molar-refractivity contribution in [3.63, 3.8) is 0 Å². The van der Waals surface area contributed by atoms with E-state index < -0.39 is 15.6 Å². The molecule has 0 saturated heterocycles. The van der Waals surface area contributed by atoms with E-state index in [0.29, 0.717) is 12.1 Å². The van der Waals surface area contributed by atoms with Crippen LogP contribution in [0.2, 0.25) is 0 Å². The molecule has 3 aromatic carbocycles. The molecule has 178 valence electrons. The molecule has 1 N–H and O–H groups in total. The average Bonchev–Trinajstić information content (AvgIpc) is 2.77. The normalized spacial score (nSPS) is 16.8. The fourth-order valence-electron chi connectivity index (χ4n) is 4.28. The van der Waals surface area contributed by atoms with Gasteiger partial charge in [-0.2, -0.15) is 0 Å². The molecule has 1 atom stereocenters. The molecule has 1 aliphatic heterocycles. The third-order valence-electron chi connectivity index (χ3n) is 5.87. The molecule has 0 aliphatic carbocycles. The lowest BCUT2D eigenvalue weighted by atomic mass is 9.89. The number of ether oxygens (including phenoxy) is 1. The summed E-state index contributed by atoms with van der Waals surface area (Å²) in [7, 11) is -3.95. The van der Waals surface area contributed by atoms with Crippen molar-refractivity contribution in [1.82, 2.24) is 5.32 Å². The second-order valence-corrected chi connectivity index (χ2v) is 11.3. The minimum absolute atomic E-state index is 0.136. The van der Waals surface area contributed by atoms with Gasteiger partial charge in [-0.3, -0.25) is 9.10 Å². The molecule has 0 radical (unpaired) electrons. The topological polar surface area (TPSA) is 75.7 Å². The smallest absolute Gasteiger partial charge is 0.264 e. The molecule has 1 unspecified atom stereocenters. The van der Waals surface area contributed by atoms with Gasteiger partial charge >= 0.3 is 0 Å². The zero-order valence-electron chi connectivity index (χ0n) is 19.9. The van der Waals surface area contributed by atoms with Crippen molar-refractivity contribution in [2.24, 2.45) is 0 Å². The van der Waals surface area contributed by atoms with Crippen LogP contribution in [0, 0.1) is 13.8 Å². The van der Waals surface area contributed by atoms with Crippen LogP contribution in [0.15, 0.2) is 77.7 Å². The van der Waals surface area contributed by atoms with E-state index in [-0.39, 0.29) is 23.4 Å². The van der Waals surface area contributed by atoms with Crippen molar-refractivity contribution >= 4 is 21.6 Å². The number of nitrogens with zero attached hydrogens (tertiary/aromatic N) is 1. The van der Waals surface area contributed by atoms with Crippen molar-refractivity contribution in [2.45, 2.75) is 50.7 Å². The molecule has 0 aromatic heterocycles. The molecular formula is C27H30N2O4S. The predicted molar refractivity (Wildman–Crippen MR) is 134 cm³/mol. The van der Waals surface area contributed by atoms with E-state index in [0.717, 1.165) is 22.4 Å². The summed E-state index contributed by atoms with van der Waals surface area (Å²) in [5.74, 6) is 0.365. The highest BCUT2D eigenvalue weighted by atomic mass is 32.2. The maximum Gasteiger partial charge on any atom is 0.264 e. The second-order valence-electron chi connectivity index (χ2n) is 9.39. The Hall–Kier alpha value is -3.32. The number of amides is 1. The molecule has 34 heavy (non-hydrogen) atoms. The Morgan fingerprint density at radius 1 is 1.00 bits per heavy atom. The fourth-order valence-corrected chi connectivity index (χ4v) is 5.71. The number of carbonyl (C=O) groups is 1. The Morgan fingerprint density at radius 2 is 1.71 bits per heavy atom. The number of carbonyl (C=O) groups excluding carboxylic acids is 1. The van der Waals surface area contributed by atoms with Crippen molar-refractivity contribution in [3.05, 3.63) is 89.5 Å². The van der Waals surface area contributed by atoms with Gasteiger partial charge in [0.2, 0.25) is 5.91 Å². The number of nitrogens with one attached hydrogen (secondary N) is 1. The number of anilines is 1. The standard InChI is InChI=1S/C27H30N2O4S/c1-19-9-8-10-21(15-19)29(34(31,32)22-11-6-5-7-12-22)18-26(30)28-24-17-27(3,4)33-25-16-20(2)13-14-23(24)25/h5-16,24H,17-18H2,1-4H3,(H,28,30). The number of fused-ring (bicyclic) bond motifs is 1. The van der Waals surface area contributed by atoms with E-state index in [4.69, 9.17) is 4.74 Å². The summed E-state index contributed by atoms with van der Waals surface area (Å²) in [6, 6.07) is 21.0. The van der Waals surface area contributed by atoms with Crippen LogP contribution in [0.25, 0.3) is 0 Å². The fraction of sp³-hybridized carbons (Fsp3) is 0.296. The summed E-state index contributed by atoms with van der Waals surface area (Å²) in [5, 5.41) is 3.06. The molecule has 0 bridgehead atoms. The summed E-state index contributed by atoms with van der Waals surface area (Å²) in [6.07, 6.45) is 0.574. The molecule has 1 amide bonds. The van der Waals surface area contributed by atoms with Crippen LogP contribution in [-0.4, -0.2) is 26.5 Å². The molecule has 6 nitrogen and oxygen atoms in total. The Kier molecular flexibility index (Phi) is 6.41. The van der Waals surface area contributed by atoms with E-state index in [9.17, 15) is 13.2 Å². The molecule has 7 heteroatoms. The van der Waals surface area contributed by atoms with Gasteiger partial charge < -0.3 is 10.1 Å². The lowest BCUT2D eigenvalue weighted by Gasteiger charge is -2.38. The lowest BCUT2D eigenvalue weighted by molar-refractivity contribution is -0.120. The van der Waals surface area contributed by atoms with Gasteiger partial charge in [-0.25, -0.2) is 8.42 Å². The van der Waals surface area contributed by atoms with Crippen LogP contribution in [-0.2, 0) is 14.8 Å². The number of rotatable bonds is 6. The predicted octanol–water partition coefficient (Wildman–Crippen LogP) is 4.92.